The van der Waals surface area contributed by atoms with E-state index in [0.29, 0.717) is 19.2 Å². The predicted molar refractivity (Wildman–Crippen MR) is 110 cm³/mol. The van der Waals surface area contributed by atoms with Crippen LogP contribution in [0, 0.1) is 5.82 Å². The number of nitrogens with one attached hydrogen (secondary N) is 1. The Balaban J connectivity index is 1.29. The van der Waals surface area contributed by atoms with Crippen LogP contribution in [0.3, 0.4) is 0 Å². The summed E-state index contributed by atoms with van der Waals surface area (Å²) in [6.45, 7) is 5.41. The zero-order valence-corrected chi connectivity index (χ0v) is 16.9. The minimum absolute atomic E-state index is 0.0906. The zero-order valence-electron chi connectivity index (χ0n) is 16.9. The number of ether oxygens (including phenoxy) is 1. The Morgan fingerprint density at radius 1 is 1.04 bits per heavy atom. The van der Waals surface area contributed by atoms with Crippen LogP contribution < -0.4 is 10.2 Å². The first-order valence-electron chi connectivity index (χ1n) is 10.8. The third kappa shape index (κ3) is 7.06. The summed E-state index contributed by atoms with van der Waals surface area (Å²) in [5, 5.41) is 3.02. The van der Waals surface area contributed by atoms with E-state index in [1.54, 1.807) is 0 Å². The monoisotopic (exact) mass is 391 g/mol. The van der Waals surface area contributed by atoms with E-state index >= 15 is 0 Å². The number of nitrogens with zero attached hydrogens (tertiary/aromatic N) is 2. The second kappa shape index (κ2) is 11.4. The van der Waals surface area contributed by atoms with Crippen LogP contribution in [0.2, 0.25) is 0 Å². The lowest BCUT2D eigenvalue weighted by Crippen LogP contribution is -2.39. The van der Waals surface area contributed by atoms with E-state index < -0.39 is 0 Å². The van der Waals surface area contributed by atoms with E-state index in [4.69, 9.17) is 4.74 Å². The van der Waals surface area contributed by atoms with Crippen molar-refractivity contribution in [2.24, 2.45) is 0 Å². The van der Waals surface area contributed by atoms with Crippen LogP contribution in [-0.4, -0.2) is 62.8 Å². The Morgan fingerprint density at radius 2 is 1.82 bits per heavy atom. The molecule has 1 aromatic carbocycles. The van der Waals surface area contributed by atoms with Crippen LogP contribution >= 0.6 is 0 Å². The van der Waals surface area contributed by atoms with E-state index in [1.165, 1.54) is 44.2 Å². The lowest BCUT2D eigenvalue weighted by atomic mass is 9.98. The molecule has 0 radical (unpaired) electrons. The first kappa shape index (κ1) is 21.1. The maximum absolute atomic E-state index is 13.1. The molecule has 1 saturated heterocycles. The molecule has 28 heavy (non-hydrogen) atoms. The molecule has 3 rings (SSSR count). The predicted octanol–water partition coefficient (Wildman–Crippen LogP) is 3.19. The summed E-state index contributed by atoms with van der Waals surface area (Å²) in [5.41, 5.74) is 1.05. The van der Waals surface area contributed by atoms with Gasteiger partial charge in [0.1, 0.15) is 5.82 Å². The Hall–Kier alpha value is -1.66. The molecule has 1 aliphatic heterocycles. The lowest BCUT2D eigenvalue weighted by Gasteiger charge is -2.23. The number of carbonyl (C=O) groups is 1. The standard InChI is InChI=1S/C22H34FN3O2/c23-19-8-10-20(11-9-19)26-14-5-13-25(15-16-26)18-22(27)24-12-4-17-28-21-6-2-1-3-7-21/h8-11,21H,1-7,12-18H2,(H,24,27). The molecule has 1 N–H and O–H groups in total. The normalized spacial score (nSPS) is 19.4. The second-order valence-corrected chi connectivity index (χ2v) is 7.93. The maximum atomic E-state index is 13.1. The van der Waals surface area contributed by atoms with Gasteiger partial charge in [-0.05, 0) is 49.9 Å². The smallest absolute Gasteiger partial charge is 0.234 e. The van der Waals surface area contributed by atoms with Gasteiger partial charge < -0.3 is 15.0 Å². The molecular weight excluding hydrogens is 357 g/mol. The molecule has 0 bridgehead atoms. The first-order valence-corrected chi connectivity index (χ1v) is 10.8. The highest BCUT2D eigenvalue weighted by Gasteiger charge is 2.17. The molecule has 5 nitrogen and oxygen atoms in total. The van der Waals surface area contributed by atoms with Gasteiger partial charge in [-0.1, -0.05) is 19.3 Å². The molecule has 6 heteroatoms. The van der Waals surface area contributed by atoms with E-state index in [0.717, 1.165) is 51.3 Å². The van der Waals surface area contributed by atoms with Crippen molar-refractivity contribution < 1.29 is 13.9 Å². The van der Waals surface area contributed by atoms with Gasteiger partial charge >= 0.3 is 0 Å². The van der Waals surface area contributed by atoms with Crippen molar-refractivity contribution >= 4 is 11.6 Å². The van der Waals surface area contributed by atoms with E-state index in [-0.39, 0.29) is 11.7 Å². The van der Waals surface area contributed by atoms with Crippen LogP contribution in [-0.2, 0) is 9.53 Å². The summed E-state index contributed by atoms with van der Waals surface area (Å²) in [4.78, 5) is 16.7. The largest absolute Gasteiger partial charge is 0.378 e. The number of amides is 1. The van der Waals surface area contributed by atoms with Gasteiger partial charge in [-0.25, -0.2) is 4.39 Å². The van der Waals surface area contributed by atoms with E-state index in [2.05, 4.69) is 15.1 Å². The quantitative estimate of drug-likeness (QED) is 0.692. The number of hydrogen-bond donors (Lipinski definition) is 1. The summed E-state index contributed by atoms with van der Waals surface area (Å²) in [6, 6.07) is 6.66. The van der Waals surface area contributed by atoms with Crippen LogP contribution in [0.15, 0.2) is 24.3 Å². The summed E-state index contributed by atoms with van der Waals surface area (Å²) in [7, 11) is 0. The molecular formula is C22H34FN3O2. The Kier molecular flexibility index (Phi) is 8.55. The third-order valence-corrected chi connectivity index (χ3v) is 5.70. The van der Waals surface area contributed by atoms with Gasteiger partial charge in [-0.2, -0.15) is 0 Å². The molecule has 1 aliphatic carbocycles. The highest BCUT2D eigenvalue weighted by molar-refractivity contribution is 5.78. The maximum Gasteiger partial charge on any atom is 0.234 e. The number of benzene rings is 1. The minimum Gasteiger partial charge on any atom is -0.378 e. The van der Waals surface area contributed by atoms with Crippen LogP contribution in [0.1, 0.15) is 44.9 Å². The van der Waals surface area contributed by atoms with Crippen molar-refractivity contribution in [3.63, 3.8) is 0 Å². The number of rotatable bonds is 8. The highest BCUT2D eigenvalue weighted by atomic mass is 19.1. The van der Waals surface area contributed by atoms with Gasteiger partial charge in [0.25, 0.3) is 0 Å². The molecule has 0 aromatic heterocycles. The Labute approximate surface area is 168 Å². The third-order valence-electron chi connectivity index (χ3n) is 5.70. The molecule has 0 atom stereocenters. The second-order valence-electron chi connectivity index (χ2n) is 7.93. The van der Waals surface area contributed by atoms with Gasteiger partial charge in [0.15, 0.2) is 0 Å². The molecule has 156 valence electrons. The molecule has 0 spiro atoms. The van der Waals surface area contributed by atoms with E-state index in [9.17, 15) is 9.18 Å². The van der Waals surface area contributed by atoms with E-state index in [1.807, 2.05) is 12.1 Å². The van der Waals surface area contributed by atoms with Gasteiger partial charge in [0, 0.05) is 45.0 Å². The molecule has 1 amide bonds. The zero-order chi connectivity index (χ0) is 19.6. The van der Waals surface area contributed by atoms with Gasteiger partial charge in [0.2, 0.25) is 5.91 Å². The van der Waals surface area contributed by atoms with Gasteiger partial charge in [0.05, 0.1) is 12.6 Å². The van der Waals surface area contributed by atoms with Crippen molar-refractivity contribution in [2.45, 2.75) is 51.0 Å². The number of carbonyl (C=O) groups excluding carboxylic acids is 1. The van der Waals surface area contributed by atoms with Crippen LogP contribution in [0.25, 0.3) is 0 Å². The van der Waals surface area contributed by atoms with Gasteiger partial charge in [-0.15, -0.1) is 0 Å². The first-order chi connectivity index (χ1) is 13.7. The minimum atomic E-state index is -0.207. The summed E-state index contributed by atoms with van der Waals surface area (Å²) in [6.07, 6.45) is 8.61. The summed E-state index contributed by atoms with van der Waals surface area (Å²) in [5.74, 6) is -0.117. The molecule has 1 aromatic rings. The molecule has 1 saturated carbocycles. The fourth-order valence-corrected chi connectivity index (χ4v) is 4.08. The SMILES string of the molecule is O=C(CN1CCCN(c2ccc(F)cc2)CC1)NCCCOC1CCCCC1. The van der Waals surface area contributed by atoms with Crippen molar-refractivity contribution in [2.75, 3.05) is 50.8 Å². The number of anilines is 1. The lowest BCUT2D eigenvalue weighted by molar-refractivity contribution is -0.122. The van der Waals surface area contributed by atoms with Crippen molar-refractivity contribution in [1.29, 1.82) is 0 Å². The van der Waals surface area contributed by atoms with Crippen molar-refractivity contribution in [3.8, 4) is 0 Å². The Bertz CT molecular complexity index is 590. The molecule has 0 unspecified atom stereocenters. The van der Waals surface area contributed by atoms with Crippen molar-refractivity contribution in [3.05, 3.63) is 30.1 Å². The number of hydrogen-bond acceptors (Lipinski definition) is 4. The average molecular weight is 392 g/mol. The van der Waals surface area contributed by atoms with Crippen molar-refractivity contribution in [1.82, 2.24) is 10.2 Å². The number of halogens is 1. The molecule has 2 fully saturated rings. The Morgan fingerprint density at radius 3 is 2.61 bits per heavy atom. The van der Waals surface area contributed by atoms with Gasteiger partial charge in [-0.3, -0.25) is 9.69 Å². The summed E-state index contributed by atoms with van der Waals surface area (Å²) < 4.78 is 19.0. The highest BCUT2D eigenvalue weighted by Crippen LogP contribution is 2.20. The fraction of sp³-hybridized carbons (Fsp3) is 0.682. The topological polar surface area (TPSA) is 44.8 Å². The molecule has 1 heterocycles. The molecule has 2 aliphatic rings. The van der Waals surface area contributed by atoms with Crippen LogP contribution in [0.5, 0.6) is 0 Å². The van der Waals surface area contributed by atoms with Crippen LogP contribution in [0.4, 0.5) is 10.1 Å². The average Bonchev–Trinajstić information content (AvgIpc) is 2.95. The fourth-order valence-electron chi connectivity index (χ4n) is 4.08. The summed E-state index contributed by atoms with van der Waals surface area (Å²) >= 11 is 0.